The Hall–Kier alpha value is -3.64. The highest BCUT2D eigenvalue weighted by Gasteiger charge is 2.24. The fourth-order valence-electron chi connectivity index (χ4n) is 4.24. The van der Waals surface area contributed by atoms with Crippen LogP contribution < -0.4 is 15.8 Å². The van der Waals surface area contributed by atoms with Crippen LogP contribution in [0.2, 0.25) is 0 Å². The molecule has 1 aliphatic heterocycles. The average molecular weight is 444 g/mol. The number of para-hydroxylation sites is 1. The van der Waals surface area contributed by atoms with E-state index in [0.29, 0.717) is 23.4 Å². The predicted octanol–water partition coefficient (Wildman–Crippen LogP) is 3.93. The van der Waals surface area contributed by atoms with Gasteiger partial charge in [-0.3, -0.25) is 14.5 Å². The molecule has 0 aromatic heterocycles. The monoisotopic (exact) mass is 443 g/mol. The lowest BCUT2D eigenvalue weighted by molar-refractivity contribution is 0.0937. The lowest BCUT2D eigenvalue weighted by Crippen LogP contribution is -2.36. The molecule has 0 radical (unpaired) electrons. The molecule has 3 aromatic rings. The van der Waals surface area contributed by atoms with Crippen molar-refractivity contribution in [2.75, 3.05) is 19.6 Å². The van der Waals surface area contributed by atoms with Gasteiger partial charge in [-0.05, 0) is 61.3 Å². The Morgan fingerprint density at radius 2 is 1.67 bits per heavy atom. The number of primary amides is 1. The van der Waals surface area contributed by atoms with Gasteiger partial charge in [0.15, 0.2) is 0 Å². The number of carbonyl (C=O) groups excluding carboxylic acids is 2. The first-order valence-electron chi connectivity index (χ1n) is 11.3. The minimum absolute atomic E-state index is 0.116. The number of hydrogen-bond donors (Lipinski definition) is 2. The summed E-state index contributed by atoms with van der Waals surface area (Å²) in [5.41, 5.74) is 8.38. The summed E-state index contributed by atoms with van der Waals surface area (Å²) >= 11 is 0. The van der Waals surface area contributed by atoms with Crippen LogP contribution in [0.25, 0.3) is 0 Å². The van der Waals surface area contributed by atoms with E-state index in [1.165, 1.54) is 18.4 Å². The second-order valence-electron chi connectivity index (χ2n) is 8.23. The number of nitrogens with zero attached hydrogens (tertiary/aromatic N) is 1. The highest BCUT2D eigenvalue weighted by Crippen LogP contribution is 2.24. The van der Waals surface area contributed by atoms with Crippen molar-refractivity contribution in [1.82, 2.24) is 10.2 Å². The zero-order valence-electron chi connectivity index (χ0n) is 18.6. The molecule has 1 unspecified atom stereocenters. The van der Waals surface area contributed by atoms with E-state index in [4.69, 9.17) is 10.5 Å². The van der Waals surface area contributed by atoms with Crippen LogP contribution in [0.1, 0.15) is 50.7 Å². The van der Waals surface area contributed by atoms with Gasteiger partial charge >= 0.3 is 0 Å². The van der Waals surface area contributed by atoms with Crippen LogP contribution >= 0.6 is 0 Å². The van der Waals surface area contributed by atoms with Crippen LogP contribution in [0.4, 0.5) is 0 Å². The predicted molar refractivity (Wildman–Crippen MR) is 128 cm³/mol. The van der Waals surface area contributed by atoms with E-state index >= 15 is 0 Å². The molecule has 3 N–H and O–H groups in total. The number of nitrogens with two attached hydrogens (primary N) is 1. The zero-order chi connectivity index (χ0) is 23.0. The van der Waals surface area contributed by atoms with Gasteiger partial charge in [0.1, 0.15) is 12.4 Å². The summed E-state index contributed by atoms with van der Waals surface area (Å²) in [6.07, 6.45) is 2.39. The summed E-state index contributed by atoms with van der Waals surface area (Å²) in [6.45, 7) is 2.88. The minimum Gasteiger partial charge on any atom is -0.488 e. The molecule has 4 rings (SSSR count). The molecule has 1 fully saturated rings. The Kier molecular flexibility index (Phi) is 7.37. The standard InChI is InChI=1S/C27H29N3O3/c28-26(31)23-13-4-5-14-25(23)33-19-20-9-8-12-22(17-20)27(32)29-18-24(30-15-6-7-16-30)21-10-2-1-3-11-21/h1-5,8-14,17,24H,6-7,15-16,18-19H2,(H2,28,31)(H,29,32). The third-order valence-corrected chi connectivity index (χ3v) is 5.96. The van der Waals surface area contributed by atoms with Crippen molar-refractivity contribution in [2.45, 2.75) is 25.5 Å². The molecule has 1 saturated heterocycles. The highest BCUT2D eigenvalue weighted by molar-refractivity contribution is 5.95. The second kappa shape index (κ2) is 10.8. The van der Waals surface area contributed by atoms with Crippen LogP contribution in [0.15, 0.2) is 78.9 Å². The van der Waals surface area contributed by atoms with E-state index in [2.05, 4.69) is 22.3 Å². The van der Waals surface area contributed by atoms with Crippen molar-refractivity contribution in [3.63, 3.8) is 0 Å². The number of nitrogens with one attached hydrogen (secondary N) is 1. The summed E-state index contributed by atoms with van der Waals surface area (Å²) < 4.78 is 5.80. The molecular formula is C27H29N3O3. The Morgan fingerprint density at radius 1 is 0.939 bits per heavy atom. The average Bonchev–Trinajstić information content (AvgIpc) is 3.38. The molecule has 0 bridgehead atoms. The Morgan fingerprint density at radius 3 is 2.42 bits per heavy atom. The SMILES string of the molecule is NC(=O)c1ccccc1OCc1cccc(C(=O)NCC(c2ccccc2)N2CCCC2)c1. The third kappa shape index (κ3) is 5.79. The molecule has 3 aromatic carbocycles. The number of likely N-dealkylation sites (tertiary alicyclic amines) is 1. The molecule has 0 spiro atoms. The number of amides is 2. The summed E-state index contributed by atoms with van der Waals surface area (Å²) in [5.74, 6) is -0.226. The van der Waals surface area contributed by atoms with Gasteiger partial charge in [0, 0.05) is 12.1 Å². The second-order valence-corrected chi connectivity index (χ2v) is 8.23. The van der Waals surface area contributed by atoms with E-state index in [-0.39, 0.29) is 18.6 Å². The van der Waals surface area contributed by atoms with E-state index < -0.39 is 5.91 Å². The maximum absolute atomic E-state index is 12.9. The minimum atomic E-state index is -0.537. The summed E-state index contributed by atoms with van der Waals surface area (Å²) in [4.78, 5) is 27.0. The van der Waals surface area contributed by atoms with Crippen molar-refractivity contribution in [3.05, 3.63) is 101 Å². The van der Waals surface area contributed by atoms with Crippen molar-refractivity contribution >= 4 is 11.8 Å². The number of hydrogen-bond acceptors (Lipinski definition) is 4. The summed E-state index contributed by atoms with van der Waals surface area (Å²) in [7, 11) is 0. The summed E-state index contributed by atoms with van der Waals surface area (Å²) in [5, 5.41) is 3.12. The van der Waals surface area contributed by atoms with Crippen molar-refractivity contribution < 1.29 is 14.3 Å². The lowest BCUT2D eigenvalue weighted by Gasteiger charge is -2.28. The van der Waals surface area contributed by atoms with Gasteiger partial charge in [0.25, 0.3) is 11.8 Å². The first kappa shape index (κ1) is 22.6. The quantitative estimate of drug-likeness (QED) is 0.525. The molecule has 0 aliphatic carbocycles. The maximum Gasteiger partial charge on any atom is 0.252 e. The lowest BCUT2D eigenvalue weighted by atomic mass is 10.1. The van der Waals surface area contributed by atoms with Gasteiger partial charge < -0.3 is 15.8 Å². The molecule has 6 nitrogen and oxygen atoms in total. The Labute approximate surface area is 194 Å². The molecule has 33 heavy (non-hydrogen) atoms. The highest BCUT2D eigenvalue weighted by atomic mass is 16.5. The molecule has 1 heterocycles. The fraction of sp³-hybridized carbons (Fsp3) is 0.259. The van der Waals surface area contributed by atoms with Gasteiger partial charge in [-0.2, -0.15) is 0 Å². The molecular weight excluding hydrogens is 414 g/mol. The van der Waals surface area contributed by atoms with E-state index in [9.17, 15) is 9.59 Å². The zero-order valence-corrected chi connectivity index (χ0v) is 18.6. The largest absolute Gasteiger partial charge is 0.488 e. The van der Waals surface area contributed by atoms with Gasteiger partial charge in [-0.25, -0.2) is 0 Å². The van der Waals surface area contributed by atoms with Crippen LogP contribution in [0, 0.1) is 0 Å². The normalized spacial score (nSPS) is 14.5. The fourth-order valence-corrected chi connectivity index (χ4v) is 4.24. The number of carbonyl (C=O) groups is 2. The third-order valence-electron chi connectivity index (χ3n) is 5.96. The van der Waals surface area contributed by atoms with E-state index in [1.54, 1.807) is 30.3 Å². The molecule has 2 amide bonds. The molecule has 1 aliphatic rings. The number of ether oxygens (including phenoxy) is 1. The topological polar surface area (TPSA) is 84.7 Å². The Bertz CT molecular complexity index is 1090. The van der Waals surface area contributed by atoms with Gasteiger partial charge in [0.2, 0.25) is 0 Å². The maximum atomic E-state index is 12.9. The van der Waals surface area contributed by atoms with Crippen LogP contribution in [-0.2, 0) is 6.61 Å². The Balaban J connectivity index is 1.40. The molecule has 0 saturated carbocycles. The van der Waals surface area contributed by atoms with Crippen LogP contribution in [-0.4, -0.2) is 36.3 Å². The smallest absolute Gasteiger partial charge is 0.252 e. The van der Waals surface area contributed by atoms with Crippen molar-refractivity contribution in [3.8, 4) is 5.75 Å². The van der Waals surface area contributed by atoms with E-state index in [1.807, 2.05) is 36.4 Å². The first-order chi connectivity index (χ1) is 16.1. The van der Waals surface area contributed by atoms with Gasteiger partial charge in [-0.1, -0.05) is 54.6 Å². The summed E-state index contributed by atoms with van der Waals surface area (Å²) in [6, 6.07) is 24.7. The number of rotatable bonds is 9. The molecule has 6 heteroatoms. The molecule has 170 valence electrons. The van der Waals surface area contributed by atoms with Gasteiger partial charge in [0.05, 0.1) is 11.6 Å². The van der Waals surface area contributed by atoms with Crippen molar-refractivity contribution in [1.29, 1.82) is 0 Å². The van der Waals surface area contributed by atoms with E-state index in [0.717, 1.165) is 18.7 Å². The van der Waals surface area contributed by atoms with Gasteiger partial charge in [-0.15, -0.1) is 0 Å². The molecule has 1 atom stereocenters. The van der Waals surface area contributed by atoms with Crippen LogP contribution in [0.3, 0.4) is 0 Å². The number of benzene rings is 3. The van der Waals surface area contributed by atoms with Crippen LogP contribution in [0.5, 0.6) is 5.75 Å². The van der Waals surface area contributed by atoms with Crippen molar-refractivity contribution in [2.24, 2.45) is 5.73 Å². The first-order valence-corrected chi connectivity index (χ1v) is 11.3.